The Kier molecular flexibility index (Phi) is 5.19. The van der Waals surface area contributed by atoms with Crippen LogP contribution in [0.5, 0.6) is 5.75 Å². The second-order valence-electron chi connectivity index (χ2n) is 3.81. The Bertz CT molecular complexity index is 268. The first-order chi connectivity index (χ1) is 7.26. The third kappa shape index (κ3) is 4.34. The van der Waals surface area contributed by atoms with E-state index in [0.717, 1.165) is 18.8 Å². The van der Waals surface area contributed by atoms with Crippen LogP contribution in [0.4, 0.5) is 0 Å². The highest BCUT2D eigenvalue weighted by Gasteiger charge is 1.99. The summed E-state index contributed by atoms with van der Waals surface area (Å²) in [5, 5.41) is 3.24. The Morgan fingerprint density at radius 3 is 2.47 bits per heavy atom. The van der Waals surface area contributed by atoms with E-state index in [4.69, 9.17) is 4.74 Å². The Balaban J connectivity index is 2.42. The van der Waals surface area contributed by atoms with Gasteiger partial charge in [-0.1, -0.05) is 12.1 Å². The SMILES string of the molecule is CCOc1ccc(CCC(C)NC)cc1. The molecule has 0 saturated heterocycles. The molecule has 0 saturated carbocycles. The van der Waals surface area contributed by atoms with Crippen molar-refractivity contribution in [2.45, 2.75) is 32.7 Å². The lowest BCUT2D eigenvalue weighted by Gasteiger charge is -2.10. The number of hydrogen-bond donors (Lipinski definition) is 1. The zero-order chi connectivity index (χ0) is 11.1. The van der Waals surface area contributed by atoms with Gasteiger partial charge in [-0.3, -0.25) is 0 Å². The first-order valence-corrected chi connectivity index (χ1v) is 5.65. The van der Waals surface area contributed by atoms with Gasteiger partial charge in [-0.05, 0) is 51.4 Å². The van der Waals surface area contributed by atoms with Crippen LogP contribution >= 0.6 is 0 Å². The van der Waals surface area contributed by atoms with Crippen LogP contribution in [-0.4, -0.2) is 19.7 Å². The van der Waals surface area contributed by atoms with Crippen molar-refractivity contribution in [3.63, 3.8) is 0 Å². The average molecular weight is 207 g/mol. The summed E-state index contributed by atoms with van der Waals surface area (Å²) < 4.78 is 5.40. The molecule has 84 valence electrons. The Morgan fingerprint density at radius 2 is 1.93 bits per heavy atom. The van der Waals surface area contributed by atoms with E-state index in [1.54, 1.807) is 0 Å². The average Bonchev–Trinajstić information content (AvgIpc) is 2.28. The third-order valence-electron chi connectivity index (χ3n) is 2.59. The summed E-state index contributed by atoms with van der Waals surface area (Å²) in [5.74, 6) is 0.961. The zero-order valence-electron chi connectivity index (χ0n) is 9.92. The van der Waals surface area contributed by atoms with Crippen molar-refractivity contribution in [1.29, 1.82) is 0 Å². The molecule has 15 heavy (non-hydrogen) atoms. The van der Waals surface area contributed by atoms with Gasteiger partial charge >= 0.3 is 0 Å². The van der Waals surface area contributed by atoms with Gasteiger partial charge in [-0.15, -0.1) is 0 Å². The summed E-state index contributed by atoms with van der Waals surface area (Å²) in [6.45, 7) is 4.94. The fraction of sp³-hybridized carbons (Fsp3) is 0.538. The van der Waals surface area contributed by atoms with Crippen LogP contribution in [0.15, 0.2) is 24.3 Å². The molecule has 0 aliphatic carbocycles. The second-order valence-corrected chi connectivity index (χ2v) is 3.81. The van der Waals surface area contributed by atoms with Crippen molar-refractivity contribution >= 4 is 0 Å². The lowest BCUT2D eigenvalue weighted by Crippen LogP contribution is -2.21. The molecule has 0 spiro atoms. The predicted molar refractivity (Wildman–Crippen MR) is 64.5 cm³/mol. The summed E-state index contributed by atoms with van der Waals surface area (Å²) in [5.41, 5.74) is 1.38. The number of rotatable bonds is 6. The maximum atomic E-state index is 5.40. The lowest BCUT2D eigenvalue weighted by molar-refractivity contribution is 0.340. The van der Waals surface area contributed by atoms with E-state index >= 15 is 0 Å². The molecule has 1 rings (SSSR count). The fourth-order valence-corrected chi connectivity index (χ4v) is 1.45. The van der Waals surface area contributed by atoms with Crippen molar-refractivity contribution in [1.82, 2.24) is 5.32 Å². The molecule has 0 amide bonds. The van der Waals surface area contributed by atoms with E-state index in [-0.39, 0.29) is 0 Å². The highest BCUT2D eigenvalue weighted by atomic mass is 16.5. The molecule has 1 atom stereocenters. The van der Waals surface area contributed by atoms with E-state index in [9.17, 15) is 0 Å². The summed E-state index contributed by atoms with van der Waals surface area (Å²) in [7, 11) is 2.00. The molecule has 1 aromatic carbocycles. The second kappa shape index (κ2) is 6.46. The largest absolute Gasteiger partial charge is 0.494 e. The van der Waals surface area contributed by atoms with E-state index in [0.29, 0.717) is 6.04 Å². The van der Waals surface area contributed by atoms with Gasteiger partial charge in [0.25, 0.3) is 0 Å². The van der Waals surface area contributed by atoms with E-state index in [2.05, 4.69) is 24.4 Å². The van der Waals surface area contributed by atoms with Gasteiger partial charge in [0.15, 0.2) is 0 Å². The minimum Gasteiger partial charge on any atom is -0.494 e. The normalized spacial score (nSPS) is 12.5. The smallest absolute Gasteiger partial charge is 0.119 e. The van der Waals surface area contributed by atoms with Gasteiger partial charge < -0.3 is 10.1 Å². The molecular formula is C13H21NO. The molecule has 0 aromatic heterocycles. The van der Waals surface area contributed by atoms with E-state index < -0.39 is 0 Å². The van der Waals surface area contributed by atoms with Gasteiger partial charge in [-0.2, -0.15) is 0 Å². The van der Waals surface area contributed by atoms with Gasteiger partial charge in [0.05, 0.1) is 6.61 Å². The highest BCUT2D eigenvalue weighted by Crippen LogP contribution is 2.13. The standard InChI is InChI=1S/C13H21NO/c1-4-15-13-9-7-12(8-10-13)6-5-11(2)14-3/h7-11,14H,4-6H2,1-3H3. The summed E-state index contributed by atoms with van der Waals surface area (Å²) >= 11 is 0. The number of aryl methyl sites for hydroxylation is 1. The summed E-state index contributed by atoms with van der Waals surface area (Å²) in [4.78, 5) is 0. The minimum atomic E-state index is 0.580. The maximum absolute atomic E-state index is 5.40. The van der Waals surface area contributed by atoms with Gasteiger partial charge in [0, 0.05) is 6.04 Å². The molecule has 2 nitrogen and oxygen atoms in total. The number of nitrogens with one attached hydrogen (secondary N) is 1. The Morgan fingerprint density at radius 1 is 1.27 bits per heavy atom. The number of hydrogen-bond acceptors (Lipinski definition) is 2. The molecule has 0 bridgehead atoms. The van der Waals surface area contributed by atoms with Crippen LogP contribution in [0.25, 0.3) is 0 Å². The van der Waals surface area contributed by atoms with Crippen LogP contribution in [-0.2, 0) is 6.42 Å². The van der Waals surface area contributed by atoms with Crippen molar-refractivity contribution in [3.8, 4) is 5.75 Å². The van der Waals surface area contributed by atoms with Gasteiger partial charge in [0.1, 0.15) is 5.75 Å². The zero-order valence-corrected chi connectivity index (χ0v) is 9.92. The lowest BCUT2D eigenvalue weighted by atomic mass is 10.1. The minimum absolute atomic E-state index is 0.580. The van der Waals surface area contributed by atoms with Crippen LogP contribution in [0.1, 0.15) is 25.8 Å². The first kappa shape index (κ1) is 12.1. The fourth-order valence-electron chi connectivity index (χ4n) is 1.45. The van der Waals surface area contributed by atoms with Crippen LogP contribution in [0, 0.1) is 0 Å². The van der Waals surface area contributed by atoms with E-state index in [1.807, 2.05) is 26.1 Å². The van der Waals surface area contributed by atoms with Crippen molar-refractivity contribution in [2.75, 3.05) is 13.7 Å². The maximum Gasteiger partial charge on any atom is 0.119 e. The molecule has 1 aromatic rings. The predicted octanol–water partition coefficient (Wildman–Crippen LogP) is 2.63. The van der Waals surface area contributed by atoms with Crippen molar-refractivity contribution in [3.05, 3.63) is 29.8 Å². The van der Waals surface area contributed by atoms with Crippen molar-refractivity contribution in [2.24, 2.45) is 0 Å². The van der Waals surface area contributed by atoms with E-state index in [1.165, 1.54) is 12.0 Å². The van der Waals surface area contributed by atoms with Crippen LogP contribution < -0.4 is 10.1 Å². The monoisotopic (exact) mass is 207 g/mol. The van der Waals surface area contributed by atoms with Crippen LogP contribution in [0.3, 0.4) is 0 Å². The van der Waals surface area contributed by atoms with Crippen LogP contribution in [0.2, 0.25) is 0 Å². The molecule has 2 heteroatoms. The third-order valence-corrected chi connectivity index (χ3v) is 2.59. The van der Waals surface area contributed by atoms with Gasteiger partial charge in [0.2, 0.25) is 0 Å². The van der Waals surface area contributed by atoms with Gasteiger partial charge in [-0.25, -0.2) is 0 Å². The quantitative estimate of drug-likeness (QED) is 0.774. The number of ether oxygens (including phenoxy) is 1. The molecule has 0 aliphatic rings. The topological polar surface area (TPSA) is 21.3 Å². The molecule has 0 radical (unpaired) electrons. The molecule has 0 fully saturated rings. The molecular weight excluding hydrogens is 186 g/mol. The number of benzene rings is 1. The highest BCUT2D eigenvalue weighted by molar-refractivity contribution is 5.27. The molecule has 1 unspecified atom stereocenters. The molecule has 0 aliphatic heterocycles. The Hall–Kier alpha value is -1.02. The van der Waals surface area contributed by atoms with Crippen molar-refractivity contribution < 1.29 is 4.74 Å². The first-order valence-electron chi connectivity index (χ1n) is 5.65. The summed E-state index contributed by atoms with van der Waals surface area (Å²) in [6, 6.07) is 8.96. The Labute approximate surface area is 92.6 Å². The summed E-state index contributed by atoms with van der Waals surface area (Å²) in [6.07, 6.45) is 2.29. The molecule has 1 N–H and O–H groups in total. The molecule has 0 heterocycles.